The van der Waals surface area contributed by atoms with Gasteiger partial charge in [0.1, 0.15) is 5.82 Å². The molecule has 1 unspecified atom stereocenters. The molecule has 3 fully saturated rings. The molecule has 21 heavy (non-hydrogen) atoms. The predicted octanol–water partition coefficient (Wildman–Crippen LogP) is 1.71. The highest BCUT2D eigenvalue weighted by Crippen LogP contribution is 2.36. The number of nitrogens with two attached hydrogens (primary N) is 1. The summed E-state index contributed by atoms with van der Waals surface area (Å²) in [6.07, 6.45) is 5.16. The van der Waals surface area contributed by atoms with Crippen molar-refractivity contribution in [2.75, 3.05) is 43.9 Å². The van der Waals surface area contributed by atoms with Crippen LogP contribution in [-0.2, 0) is 0 Å². The van der Waals surface area contributed by atoms with Crippen LogP contribution in [0.1, 0.15) is 37.3 Å². The summed E-state index contributed by atoms with van der Waals surface area (Å²) in [4.78, 5) is 13.9. The summed E-state index contributed by atoms with van der Waals surface area (Å²) < 4.78 is 0. The van der Waals surface area contributed by atoms with Gasteiger partial charge in [0, 0.05) is 38.2 Å². The molecule has 114 valence electrons. The molecule has 1 aromatic rings. The number of fused-ring (bicyclic) bond motifs is 1. The van der Waals surface area contributed by atoms with E-state index >= 15 is 0 Å². The Morgan fingerprint density at radius 2 is 1.71 bits per heavy atom. The second-order valence-electron chi connectivity index (χ2n) is 7.14. The average Bonchev–Trinajstić information content (AvgIpc) is 3.12. The summed E-state index contributed by atoms with van der Waals surface area (Å²) in [5, 5.41) is 0. The van der Waals surface area contributed by atoms with E-state index in [4.69, 9.17) is 5.73 Å². The molecule has 0 amide bonds. The van der Waals surface area contributed by atoms with Crippen LogP contribution in [0, 0.1) is 11.8 Å². The van der Waals surface area contributed by atoms with Gasteiger partial charge in [-0.1, -0.05) is 12.8 Å². The number of likely N-dealkylation sites (tertiary alicyclic amines) is 1. The zero-order valence-corrected chi connectivity index (χ0v) is 12.8. The maximum atomic E-state index is 5.98. The largest absolute Gasteiger partial charge is 0.368 e. The lowest BCUT2D eigenvalue weighted by molar-refractivity contribution is 0.387. The first-order chi connectivity index (χ1) is 10.2. The molecule has 1 aromatic heterocycles. The molecule has 3 heterocycles. The average molecular weight is 287 g/mol. The van der Waals surface area contributed by atoms with Crippen LogP contribution in [0.2, 0.25) is 0 Å². The van der Waals surface area contributed by atoms with Crippen LogP contribution >= 0.6 is 0 Å². The maximum absolute atomic E-state index is 5.98. The lowest BCUT2D eigenvalue weighted by atomic mass is 10.0. The maximum Gasteiger partial charge on any atom is 0.222 e. The summed E-state index contributed by atoms with van der Waals surface area (Å²) in [6.45, 7) is 4.68. The van der Waals surface area contributed by atoms with Crippen molar-refractivity contribution in [2.45, 2.75) is 31.6 Å². The molecule has 3 aliphatic rings. The molecule has 2 aliphatic heterocycles. The third-order valence-corrected chi connectivity index (χ3v) is 5.52. The number of hydrogen-bond donors (Lipinski definition) is 1. The van der Waals surface area contributed by atoms with Gasteiger partial charge < -0.3 is 15.5 Å². The highest BCUT2D eigenvalue weighted by molar-refractivity contribution is 5.46. The Bertz CT molecular complexity index is 511. The smallest absolute Gasteiger partial charge is 0.222 e. The first-order valence-corrected chi connectivity index (χ1v) is 8.27. The van der Waals surface area contributed by atoms with Crippen molar-refractivity contribution in [3.63, 3.8) is 0 Å². The van der Waals surface area contributed by atoms with E-state index in [9.17, 15) is 0 Å². The van der Waals surface area contributed by atoms with E-state index in [1.807, 2.05) is 0 Å². The molecule has 0 bridgehead atoms. The third-order valence-electron chi connectivity index (χ3n) is 5.52. The van der Waals surface area contributed by atoms with E-state index in [1.54, 1.807) is 0 Å². The highest BCUT2D eigenvalue weighted by Gasteiger charge is 2.39. The summed E-state index contributed by atoms with van der Waals surface area (Å²) in [6, 6.07) is 2.21. The number of anilines is 2. The van der Waals surface area contributed by atoms with Crippen molar-refractivity contribution in [1.82, 2.24) is 14.9 Å². The molecular weight excluding hydrogens is 262 g/mol. The lowest BCUT2D eigenvalue weighted by Crippen LogP contribution is -2.27. The summed E-state index contributed by atoms with van der Waals surface area (Å²) in [7, 11) is 2.23. The molecule has 0 radical (unpaired) electrons. The SMILES string of the molecule is CN1CC2CN(c3cc(C4CCCC4)nc(N)n3)C[C@H]2C1. The Labute approximate surface area is 126 Å². The minimum atomic E-state index is 0.448. The Hall–Kier alpha value is -1.36. The molecule has 0 aromatic carbocycles. The van der Waals surface area contributed by atoms with Gasteiger partial charge in [0.2, 0.25) is 5.95 Å². The van der Waals surface area contributed by atoms with Crippen LogP contribution in [0.4, 0.5) is 11.8 Å². The minimum Gasteiger partial charge on any atom is -0.368 e. The fraction of sp³-hybridized carbons (Fsp3) is 0.750. The Morgan fingerprint density at radius 3 is 2.38 bits per heavy atom. The quantitative estimate of drug-likeness (QED) is 0.897. The second kappa shape index (κ2) is 5.13. The highest BCUT2D eigenvalue weighted by atomic mass is 15.3. The molecule has 4 rings (SSSR count). The van der Waals surface area contributed by atoms with Crippen LogP contribution in [0.5, 0.6) is 0 Å². The minimum absolute atomic E-state index is 0.448. The third kappa shape index (κ3) is 2.48. The molecule has 1 saturated carbocycles. The monoisotopic (exact) mass is 287 g/mol. The van der Waals surface area contributed by atoms with Crippen LogP contribution < -0.4 is 10.6 Å². The van der Waals surface area contributed by atoms with Crippen LogP contribution in [0.3, 0.4) is 0 Å². The Morgan fingerprint density at radius 1 is 1.05 bits per heavy atom. The fourth-order valence-corrected chi connectivity index (χ4v) is 4.48. The number of nitrogen functional groups attached to an aromatic ring is 1. The van der Waals surface area contributed by atoms with Gasteiger partial charge in [-0.3, -0.25) is 0 Å². The Balaban J connectivity index is 1.55. The van der Waals surface area contributed by atoms with Gasteiger partial charge in [-0.2, -0.15) is 4.98 Å². The van der Waals surface area contributed by atoms with Crippen molar-refractivity contribution in [1.29, 1.82) is 0 Å². The molecule has 2 atom stereocenters. The van der Waals surface area contributed by atoms with Crippen molar-refractivity contribution in [2.24, 2.45) is 11.8 Å². The van der Waals surface area contributed by atoms with Crippen LogP contribution in [0.25, 0.3) is 0 Å². The van der Waals surface area contributed by atoms with Gasteiger partial charge in [-0.15, -0.1) is 0 Å². The van der Waals surface area contributed by atoms with Gasteiger partial charge in [0.15, 0.2) is 0 Å². The Kier molecular flexibility index (Phi) is 3.25. The van der Waals surface area contributed by atoms with E-state index in [0.29, 0.717) is 11.9 Å². The number of rotatable bonds is 2. The zero-order valence-electron chi connectivity index (χ0n) is 12.8. The standard InChI is InChI=1S/C16H25N5/c1-20-7-12-9-21(10-13(12)8-20)15-6-14(18-16(17)19-15)11-4-2-3-5-11/h6,11-13H,2-5,7-10H2,1H3,(H2,17,18,19)/t12-,13?/m1/s1. The van der Waals surface area contributed by atoms with Crippen molar-refractivity contribution >= 4 is 11.8 Å². The topological polar surface area (TPSA) is 58.3 Å². The molecule has 0 spiro atoms. The van der Waals surface area contributed by atoms with Crippen molar-refractivity contribution in [3.8, 4) is 0 Å². The second-order valence-corrected chi connectivity index (χ2v) is 7.14. The zero-order chi connectivity index (χ0) is 14.4. The lowest BCUT2D eigenvalue weighted by Gasteiger charge is -2.21. The first-order valence-electron chi connectivity index (χ1n) is 8.27. The van der Waals surface area contributed by atoms with Gasteiger partial charge in [-0.05, 0) is 31.7 Å². The first kappa shape index (κ1) is 13.3. The summed E-state index contributed by atoms with van der Waals surface area (Å²) >= 11 is 0. The van der Waals surface area contributed by atoms with E-state index in [-0.39, 0.29) is 0 Å². The van der Waals surface area contributed by atoms with Crippen LogP contribution in [0.15, 0.2) is 6.07 Å². The summed E-state index contributed by atoms with van der Waals surface area (Å²) in [5.41, 5.74) is 7.15. The van der Waals surface area contributed by atoms with Gasteiger partial charge in [-0.25, -0.2) is 4.98 Å². The van der Waals surface area contributed by atoms with Gasteiger partial charge in [0.05, 0.1) is 5.69 Å². The van der Waals surface area contributed by atoms with Gasteiger partial charge >= 0.3 is 0 Å². The number of nitrogens with zero attached hydrogens (tertiary/aromatic N) is 4. The number of hydrogen-bond acceptors (Lipinski definition) is 5. The van der Waals surface area contributed by atoms with E-state index < -0.39 is 0 Å². The summed E-state index contributed by atoms with van der Waals surface area (Å²) in [5.74, 6) is 3.69. The molecule has 1 aliphatic carbocycles. The molecule has 5 heteroatoms. The van der Waals surface area contributed by atoms with E-state index in [1.165, 1.54) is 44.5 Å². The van der Waals surface area contributed by atoms with E-state index in [2.05, 4.69) is 32.9 Å². The number of aromatic nitrogens is 2. The fourth-order valence-electron chi connectivity index (χ4n) is 4.48. The van der Waals surface area contributed by atoms with Crippen LogP contribution in [-0.4, -0.2) is 48.1 Å². The molecular formula is C16H25N5. The van der Waals surface area contributed by atoms with Crippen molar-refractivity contribution in [3.05, 3.63) is 11.8 Å². The molecule has 2 N–H and O–H groups in total. The normalized spacial score (nSPS) is 30.2. The van der Waals surface area contributed by atoms with E-state index in [0.717, 1.165) is 30.7 Å². The van der Waals surface area contributed by atoms with Gasteiger partial charge in [0.25, 0.3) is 0 Å². The van der Waals surface area contributed by atoms with Crippen molar-refractivity contribution < 1.29 is 0 Å². The predicted molar refractivity (Wildman–Crippen MR) is 84.3 cm³/mol. The molecule has 5 nitrogen and oxygen atoms in total. The molecule has 2 saturated heterocycles.